The minimum absolute atomic E-state index is 0.00200. The molecule has 668 valence electrons. The van der Waals surface area contributed by atoms with Crippen molar-refractivity contribution in [2.45, 2.75) is 259 Å². The largest absolute Gasteiger partial charge is 0.492 e. The summed E-state index contributed by atoms with van der Waals surface area (Å²) in [5, 5.41) is 70.9. The molecule has 4 aliphatic heterocycles. The Morgan fingerprint density at radius 1 is 0.867 bits per heavy atom. The fourth-order valence-electron chi connectivity index (χ4n) is 13.9. The zero-order chi connectivity index (χ0) is 88.6. The summed E-state index contributed by atoms with van der Waals surface area (Å²) >= 11 is 6.00. The molecule has 0 bridgehead atoms. The molecule has 7 rings (SSSR count). The molecule has 12 N–H and O–H groups in total. The van der Waals surface area contributed by atoms with Crippen molar-refractivity contribution in [3.05, 3.63) is 61.2 Å². The van der Waals surface area contributed by atoms with Crippen LogP contribution in [0.2, 0.25) is 0 Å². The second kappa shape index (κ2) is 48.5. The predicted molar refractivity (Wildman–Crippen MR) is 456 cm³/mol. The van der Waals surface area contributed by atoms with Gasteiger partial charge in [0, 0.05) is 95.1 Å². The summed E-state index contributed by atoms with van der Waals surface area (Å²) in [4.78, 5) is 115. The number of likely N-dealkylation sites (N-methyl/N-ethyl adjacent to an activating group) is 1. The number of carbonyl (C=O) groups excluding carboxylic acids is 8. The molecule has 0 saturated carbocycles. The number of aliphatic hydroxyl groups is 5. The van der Waals surface area contributed by atoms with Gasteiger partial charge in [-0.3, -0.25) is 49.1 Å². The van der Waals surface area contributed by atoms with E-state index in [2.05, 4.69) is 61.0 Å². The van der Waals surface area contributed by atoms with E-state index in [4.69, 9.17) is 67.4 Å². The number of hydrazine groups is 1. The van der Waals surface area contributed by atoms with Gasteiger partial charge in [-0.15, -0.1) is 11.0 Å². The summed E-state index contributed by atoms with van der Waals surface area (Å²) in [5.41, 5.74) is 15.9. The molecule has 1 aliphatic carbocycles. The number of amides is 5. The summed E-state index contributed by atoms with van der Waals surface area (Å²) in [6.07, 6.45) is -14.2. The number of hydrogen-bond acceptors (Lipinski definition) is 35. The van der Waals surface area contributed by atoms with Crippen molar-refractivity contribution in [1.82, 2.24) is 46.9 Å². The second-order valence-corrected chi connectivity index (χ2v) is 36.1. The first-order chi connectivity index (χ1) is 57.0. The Labute approximate surface area is 733 Å². The maximum absolute atomic E-state index is 14.6. The highest BCUT2D eigenvalue weighted by molar-refractivity contribution is 14.1. The van der Waals surface area contributed by atoms with Crippen molar-refractivity contribution in [3.63, 3.8) is 0 Å². The molecule has 36 nitrogen and oxygen atoms in total. The molecule has 42 heteroatoms. The Bertz CT molecular complexity index is 4090. The molecule has 17 unspecified atom stereocenters. The number of alkyl carbamates (subject to hydrolysis) is 1. The molecule has 5 heterocycles. The van der Waals surface area contributed by atoms with E-state index in [-0.39, 0.29) is 83.6 Å². The molecule has 4 saturated heterocycles. The van der Waals surface area contributed by atoms with Gasteiger partial charge in [0.15, 0.2) is 41.9 Å². The number of ketones is 2. The van der Waals surface area contributed by atoms with Crippen LogP contribution in [-0.4, -0.2) is 285 Å². The van der Waals surface area contributed by atoms with E-state index >= 15 is 0 Å². The van der Waals surface area contributed by atoms with Crippen LogP contribution < -0.4 is 46.9 Å². The number of halogens is 1. The zero-order valence-corrected chi connectivity index (χ0v) is 76.4. The summed E-state index contributed by atoms with van der Waals surface area (Å²) in [6.45, 7) is 17.0. The molecule has 120 heavy (non-hydrogen) atoms. The molecule has 5 amide bonds. The lowest BCUT2D eigenvalue weighted by molar-refractivity contribution is -0.337. The number of nitrogens with two attached hydrogens (primary N) is 1. The monoisotopic (exact) mass is 1890 g/mol. The van der Waals surface area contributed by atoms with Crippen molar-refractivity contribution >= 4 is 126 Å². The first-order valence-electron chi connectivity index (χ1n) is 38.7. The van der Waals surface area contributed by atoms with E-state index in [1.54, 1.807) is 87.6 Å². The zero-order valence-electron chi connectivity index (χ0n) is 70.1. The van der Waals surface area contributed by atoms with Crippen LogP contribution in [0.1, 0.15) is 135 Å². The van der Waals surface area contributed by atoms with Gasteiger partial charge in [-0.2, -0.15) is 29.0 Å². The lowest BCUT2D eigenvalue weighted by atomic mass is 9.84. The highest BCUT2D eigenvalue weighted by atomic mass is 127. The molecule has 0 radical (unpaired) electrons. The number of nitrogens with zero attached hydrogens (tertiary/aromatic N) is 4. The van der Waals surface area contributed by atoms with Crippen LogP contribution in [-0.2, 0) is 94.3 Å². The molecule has 1 aromatic carbocycles. The minimum Gasteiger partial charge on any atom is -0.492 e. The number of aromatic nitrogens is 3. The third-order valence-electron chi connectivity index (χ3n) is 20.2. The first-order valence-corrected chi connectivity index (χ1v) is 45.8. The fraction of sp³-hybridized carbons (Fsp3) is 0.667. The lowest BCUT2D eigenvalue weighted by Crippen LogP contribution is -2.65. The van der Waals surface area contributed by atoms with Gasteiger partial charge in [0.2, 0.25) is 40.8 Å². The van der Waals surface area contributed by atoms with Crippen LogP contribution in [0.5, 0.6) is 17.2 Å². The van der Waals surface area contributed by atoms with Crippen molar-refractivity contribution in [2.24, 2.45) is 11.7 Å². The molecule has 2 aromatic rings. The number of aryl methyl sites for hydroxylation is 1. The highest BCUT2D eigenvalue weighted by Crippen LogP contribution is 2.49. The van der Waals surface area contributed by atoms with E-state index in [1.165, 1.54) is 76.0 Å². The van der Waals surface area contributed by atoms with Crippen LogP contribution in [0, 0.1) is 40.1 Å². The second-order valence-electron chi connectivity index (χ2n) is 29.1. The lowest BCUT2D eigenvalue weighted by Gasteiger charge is -2.47. The predicted octanol–water partition coefficient (Wildman–Crippen LogP) is 3.92. The van der Waals surface area contributed by atoms with Gasteiger partial charge in [-0.05, 0) is 120 Å². The van der Waals surface area contributed by atoms with E-state index in [1.807, 2.05) is 42.0 Å². The van der Waals surface area contributed by atoms with Crippen molar-refractivity contribution in [1.29, 1.82) is 0 Å². The average Bonchev–Trinajstić information content (AvgIpc) is 0.918. The quantitative estimate of drug-likeness (QED) is 0.0112. The Hall–Kier alpha value is -5.90. The molecule has 1 aromatic heterocycles. The van der Waals surface area contributed by atoms with E-state index < -0.39 is 186 Å². The molecular weight excluding hydrogens is 1780 g/mol. The molecule has 21 atom stereocenters. The van der Waals surface area contributed by atoms with Crippen LogP contribution in [0.3, 0.4) is 0 Å². The molecular formula is C78H113IN10O26S5. The van der Waals surface area contributed by atoms with Crippen LogP contribution in [0.4, 0.5) is 4.79 Å². The minimum atomic E-state index is -1.69. The number of Topliss-reactive ketones (excluding diaryl/α,β-unsaturated/α-hetero) is 2. The number of aliphatic hydroxyl groups excluding tert-OH is 5. The maximum atomic E-state index is 14.6. The summed E-state index contributed by atoms with van der Waals surface area (Å²) in [6, 6.07) is -3.07. The number of rotatable bonds is 40. The third kappa shape index (κ3) is 27.1. The number of carbonyl (C=O) groups is 8. The van der Waals surface area contributed by atoms with E-state index in [0.29, 0.717) is 40.1 Å². The number of thioether (sulfide) groups is 3. The van der Waals surface area contributed by atoms with Crippen molar-refractivity contribution < 1.29 is 126 Å². The highest BCUT2D eigenvalue weighted by Gasteiger charge is 2.52. The Morgan fingerprint density at radius 2 is 1.57 bits per heavy atom. The van der Waals surface area contributed by atoms with Crippen LogP contribution in [0.25, 0.3) is 0 Å². The Balaban J connectivity index is 1.09. The number of ether oxygens (including phenoxy) is 12. The normalized spacial score (nSPS) is 27.6. The van der Waals surface area contributed by atoms with E-state index in [9.17, 15) is 63.9 Å². The topological polar surface area (TPSA) is 478 Å². The SMILES string of the molecule is CC#C/C=C\C#C[C@H](OC1OC(C)C(NOC2CC(O)C(SC(=O)c3c(C)c(I)c(OC4OC(C)C(O)C(OC)C4O)c(OC)c3OC)C(C)O2)C(O)C1OC1CC(OC)C(N(CC)C(C)=O)CO1)C1=C(NC(=O)OC)C(=O)C[C@H](O)/C1=C/CSSC(C)(C)NNC(=O)[C@H](C)CC(=O)[C@H](CC(N)=O)NC(=O)CCCn1nnc(CSC)c1CSC. The van der Waals surface area contributed by atoms with Crippen molar-refractivity contribution in [2.75, 3.05) is 67.0 Å². The van der Waals surface area contributed by atoms with Gasteiger partial charge in [-0.1, -0.05) is 69.3 Å². The Morgan fingerprint density at radius 3 is 2.20 bits per heavy atom. The van der Waals surface area contributed by atoms with Gasteiger partial charge < -0.3 is 98.3 Å². The smallest absolute Gasteiger partial charge is 0.411 e. The number of allylic oxidation sites excluding steroid dienone is 3. The van der Waals surface area contributed by atoms with Crippen LogP contribution >= 0.6 is 79.5 Å². The molecule has 5 aliphatic rings. The van der Waals surface area contributed by atoms with E-state index in [0.717, 1.165) is 30.3 Å². The molecule has 0 spiro atoms. The fourth-order valence-corrected chi connectivity index (χ4v) is 18.9. The standard InChI is InChI=1S/C78H113IN10O26S5/c1-18-20-21-22-23-25-53(60-44(49(91)32-51(93)63(60)82-77(102)107-15)27-29-118-120-78(9,10)86-84-73(100)38(3)30-50(92)45(31-55(80)95)81-56(96)26-24-28-89-48(37-117-17)46(36-116-16)83-87-89)112-76-70(113-57-34-54(103-11)47(35-108-57)88(19-2)43(8)90)65(98)62(40(5)110-76)85-115-58-33-52(94)72(42(7)109-58)119-74(101)59-39(4)61(79)68(71(106-14)67(59)104-12)114-75-66(99)69(105-13)64(97)41(6)111-75/h21-22,27,38,40-42,45,47,49,52-54,57-58,62,64-66,69-70,72,75-76,85-86,91,94,97-99H,19,24,26,28-37H2,1-17H3,(H2,80,95)(H,81,96)(H,82,102)(H,84,100)/b22-21-,44-27-/t38-,40?,41?,42?,45+,47?,49+,52?,53+,54?,57?,58?,62?,64?,65?,66?,69?,70?,72?,75?,76?/m1/s1. The van der Waals surface area contributed by atoms with Gasteiger partial charge >= 0.3 is 6.09 Å². The first kappa shape index (κ1) is 101. The number of primary amides is 1. The van der Waals surface area contributed by atoms with Gasteiger partial charge in [-0.25, -0.2) is 14.9 Å². The molecule has 4 fully saturated rings. The van der Waals surface area contributed by atoms with Crippen molar-refractivity contribution in [3.8, 4) is 40.9 Å². The van der Waals surface area contributed by atoms with Gasteiger partial charge in [0.1, 0.15) is 36.6 Å². The Kier molecular flexibility index (Phi) is 40.9. The van der Waals surface area contributed by atoms with Crippen LogP contribution in [0.15, 0.2) is 35.1 Å². The number of nitrogens with one attached hydrogen (secondary N) is 5. The number of hydroxylamine groups is 1. The van der Waals surface area contributed by atoms with Gasteiger partial charge in [0.25, 0.3) is 0 Å². The third-order valence-corrected chi connectivity index (χ3v) is 26.9. The summed E-state index contributed by atoms with van der Waals surface area (Å²) < 4.78 is 75.1. The summed E-state index contributed by atoms with van der Waals surface area (Å²) in [7, 11) is 9.05. The maximum Gasteiger partial charge on any atom is 0.411 e. The number of hydrogen-bond donors (Lipinski definition) is 11. The van der Waals surface area contributed by atoms with Gasteiger partial charge in [0.05, 0.1) is 125 Å². The average molecular weight is 1890 g/mol. The summed E-state index contributed by atoms with van der Waals surface area (Å²) in [5.74, 6) is 8.47. The number of benzene rings is 1. The number of methoxy groups -OCH3 is 5.